The van der Waals surface area contributed by atoms with E-state index in [4.69, 9.17) is 9.47 Å². The van der Waals surface area contributed by atoms with Crippen LogP contribution >= 0.6 is 11.3 Å². The maximum Gasteiger partial charge on any atom is 0.268 e. The number of nitrogens with one attached hydrogen (secondary N) is 1. The van der Waals surface area contributed by atoms with Crippen molar-refractivity contribution in [3.05, 3.63) is 65.0 Å². The van der Waals surface area contributed by atoms with Crippen molar-refractivity contribution in [1.29, 1.82) is 5.26 Å². The monoisotopic (exact) mass is 419 g/mol. The van der Waals surface area contributed by atoms with Gasteiger partial charge in [0.15, 0.2) is 5.13 Å². The van der Waals surface area contributed by atoms with Gasteiger partial charge in [-0.05, 0) is 61.9 Å². The summed E-state index contributed by atoms with van der Waals surface area (Å²) in [7, 11) is 0. The molecule has 1 aromatic heterocycles. The molecular weight excluding hydrogens is 398 g/mol. The Labute approximate surface area is 179 Å². The van der Waals surface area contributed by atoms with Crippen LogP contribution in [-0.2, 0) is 4.79 Å². The van der Waals surface area contributed by atoms with Crippen molar-refractivity contribution in [1.82, 2.24) is 4.98 Å². The smallest absolute Gasteiger partial charge is 0.268 e. The zero-order valence-electron chi connectivity index (χ0n) is 16.7. The first kappa shape index (κ1) is 21.1. The molecule has 0 radical (unpaired) electrons. The molecule has 30 heavy (non-hydrogen) atoms. The first-order valence-corrected chi connectivity index (χ1v) is 10.4. The van der Waals surface area contributed by atoms with Gasteiger partial charge in [-0.1, -0.05) is 12.1 Å². The average Bonchev–Trinajstić information content (AvgIpc) is 3.22. The zero-order valence-corrected chi connectivity index (χ0v) is 17.5. The van der Waals surface area contributed by atoms with Gasteiger partial charge in [0.25, 0.3) is 5.91 Å². The molecule has 0 aliphatic rings. The van der Waals surface area contributed by atoms with Crippen LogP contribution in [0.5, 0.6) is 11.5 Å². The van der Waals surface area contributed by atoms with Crippen molar-refractivity contribution >= 4 is 28.5 Å². The van der Waals surface area contributed by atoms with Gasteiger partial charge in [-0.2, -0.15) is 5.26 Å². The minimum absolute atomic E-state index is 0.00280. The van der Waals surface area contributed by atoms with Crippen molar-refractivity contribution in [3.8, 4) is 28.8 Å². The zero-order chi connectivity index (χ0) is 21.3. The van der Waals surface area contributed by atoms with E-state index in [1.807, 2.05) is 49.6 Å². The van der Waals surface area contributed by atoms with Gasteiger partial charge in [0.05, 0.1) is 18.9 Å². The first-order chi connectivity index (χ1) is 14.6. The molecule has 3 rings (SSSR count). The normalized spacial score (nSPS) is 10.9. The van der Waals surface area contributed by atoms with Gasteiger partial charge >= 0.3 is 0 Å². The Morgan fingerprint density at radius 1 is 1.07 bits per heavy atom. The first-order valence-electron chi connectivity index (χ1n) is 9.47. The van der Waals surface area contributed by atoms with E-state index in [0.29, 0.717) is 18.3 Å². The molecule has 0 aliphatic carbocycles. The van der Waals surface area contributed by atoms with Crippen molar-refractivity contribution in [3.63, 3.8) is 0 Å². The number of rotatable bonds is 8. The van der Waals surface area contributed by atoms with Crippen LogP contribution in [0, 0.1) is 11.3 Å². The minimum atomic E-state index is -0.501. The van der Waals surface area contributed by atoms with Gasteiger partial charge in [-0.25, -0.2) is 4.98 Å². The van der Waals surface area contributed by atoms with Crippen molar-refractivity contribution in [2.24, 2.45) is 0 Å². The number of thiazole rings is 1. The van der Waals surface area contributed by atoms with Crippen LogP contribution in [0.4, 0.5) is 5.13 Å². The molecule has 0 spiro atoms. The maximum absolute atomic E-state index is 12.5. The summed E-state index contributed by atoms with van der Waals surface area (Å²) in [6.45, 7) is 5.03. The van der Waals surface area contributed by atoms with E-state index in [-0.39, 0.29) is 5.57 Å². The molecule has 152 valence electrons. The quantitative estimate of drug-likeness (QED) is 0.403. The highest BCUT2D eigenvalue weighted by Gasteiger charge is 2.13. The topological polar surface area (TPSA) is 84.2 Å². The number of hydrogen-bond acceptors (Lipinski definition) is 6. The predicted octanol–water partition coefficient (Wildman–Crippen LogP) is 5.15. The summed E-state index contributed by atoms with van der Waals surface area (Å²) in [4.78, 5) is 16.9. The summed E-state index contributed by atoms with van der Waals surface area (Å²) in [6, 6.07) is 16.7. The van der Waals surface area contributed by atoms with Crippen LogP contribution in [0.2, 0.25) is 0 Å². The number of nitrogens with zero attached hydrogens (tertiary/aromatic N) is 2. The second kappa shape index (κ2) is 10.2. The number of benzene rings is 2. The van der Waals surface area contributed by atoms with Gasteiger partial charge in [0.2, 0.25) is 0 Å². The number of nitriles is 1. The Morgan fingerprint density at radius 2 is 1.67 bits per heavy atom. The van der Waals surface area contributed by atoms with Gasteiger partial charge in [-0.3, -0.25) is 10.1 Å². The highest BCUT2D eigenvalue weighted by atomic mass is 32.1. The Bertz CT molecular complexity index is 1060. The third-order valence-electron chi connectivity index (χ3n) is 4.05. The molecule has 0 unspecified atom stereocenters. The van der Waals surface area contributed by atoms with Crippen molar-refractivity contribution < 1.29 is 14.3 Å². The molecule has 0 bridgehead atoms. The second-order valence-corrected chi connectivity index (χ2v) is 6.98. The van der Waals surface area contributed by atoms with Crippen LogP contribution in [0.3, 0.4) is 0 Å². The van der Waals surface area contributed by atoms with Crippen molar-refractivity contribution in [2.75, 3.05) is 18.5 Å². The molecule has 6 nitrogen and oxygen atoms in total. The number of ether oxygens (including phenoxy) is 2. The standard InChI is InChI=1S/C23H21N3O3S/c1-3-28-19-9-5-16(6-10-19)13-18(14-24)22(27)26-23-25-21(15-30-23)17-7-11-20(12-8-17)29-4-2/h5-13,15H,3-4H2,1-2H3,(H,25,26,27)/b18-13+. The van der Waals surface area contributed by atoms with Crippen LogP contribution < -0.4 is 14.8 Å². The van der Waals surface area contributed by atoms with Crippen LogP contribution in [0.25, 0.3) is 17.3 Å². The summed E-state index contributed by atoms with van der Waals surface area (Å²) in [5.41, 5.74) is 2.39. The largest absolute Gasteiger partial charge is 0.494 e. The molecule has 0 saturated carbocycles. The van der Waals surface area contributed by atoms with E-state index in [9.17, 15) is 10.1 Å². The molecule has 0 fully saturated rings. The fourth-order valence-electron chi connectivity index (χ4n) is 2.66. The maximum atomic E-state index is 12.5. The van der Waals surface area contributed by atoms with Gasteiger partial charge in [0, 0.05) is 10.9 Å². The number of amides is 1. The van der Waals surface area contributed by atoms with E-state index < -0.39 is 5.91 Å². The highest BCUT2D eigenvalue weighted by molar-refractivity contribution is 7.14. The molecule has 0 aliphatic heterocycles. The summed E-state index contributed by atoms with van der Waals surface area (Å²) < 4.78 is 10.8. The lowest BCUT2D eigenvalue weighted by Gasteiger charge is -2.04. The van der Waals surface area contributed by atoms with Crippen LogP contribution in [0.1, 0.15) is 19.4 Å². The lowest BCUT2D eigenvalue weighted by atomic mass is 10.1. The molecule has 1 N–H and O–H groups in total. The number of carbonyl (C=O) groups is 1. The summed E-state index contributed by atoms with van der Waals surface area (Å²) in [5, 5.41) is 14.4. The molecule has 0 atom stereocenters. The predicted molar refractivity (Wildman–Crippen MR) is 119 cm³/mol. The lowest BCUT2D eigenvalue weighted by Crippen LogP contribution is -2.13. The summed E-state index contributed by atoms with van der Waals surface area (Å²) in [6.07, 6.45) is 1.53. The molecule has 1 heterocycles. The fourth-order valence-corrected chi connectivity index (χ4v) is 3.37. The Morgan fingerprint density at radius 3 is 2.23 bits per heavy atom. The van der Waals surface area contributed by atoms with E-state index in [2.05, 4.69) is 10.3 Å². The summed E-state index contributed by atoms with van der Waals surface area (Å²) in [5.74, 6) is 1.03. The van der Waals surface area contributed by atoms with Gasteiger partial charge in [-0.15, -0.1) is 11.3 Å². The molecular formula is C23H21N3O3S. The van der Waals surface area contributed by atoms with Gasteiger partial charge in [0.1, 0.15) is 23.1 Å². The second-order valence-electron chi connectivity index (χ2n) is 6.12. The molecule has 3 aromatic rings. The molecule has 0 saturated heterocycles. The van der Waals surface area contributed by atoms with Crippen molar-refractivity contribution in [2.45, 2.75) is 13.8 Å². The Kier molecular flexibility index (Phi) is 7.19. The Balaban J connectivity index is 1.69. The van der Waals surface area contributed by atoms with Gasteiger partial charge < -0.3 is 9.47 Å². The third-order valence-corrected chi connectivity index (χ3v) is 4.81. The van der Waals surface area contributed by atoms with Crippen LogP contribution in [-0.4, -0.2) is 24.1 Å². The Hall–Kier alpha value is -3.63. The molecule has 7 heteroatoms. The van der Waals surface area contributed by atoms with E-state index in [1.54, 1.807) is 24.3 Å². The van der Waals surface area contributed by atoms with E-state index >= 15 is 0 Å². The number of aromatic nitrogens is 1. The van der Waals surface area contributed by atoms with E-state index in [0.717, 1.165) is 28.3 Å². The summed E-state index contributed by atoms with van der Waals surface area (Å²) >= 11 is 1.30. The van der Waals surface area contributed by atoms with E-state index in [1.165, 1.54) is 17.4 Å². The molecule has 2 aromatic carbocycles. The molecule has 1 amide bonds. The van der Waals surface area contributed by atoms with Crippen LogP contribution in [0.15, 0.2) is 59.5 Å². The average molecular weight is 420 g/mol. The minimum Gasteiger partial charge on any atom is -0.494 e. The number of carbonyl (C=O) groups excluding carboxylic acids is 1. The number of hydrogen-bond donors (Lipinski definition) is 1. The fraction of sp³-hybridized carbons (Fsp3) is 0.174. The number of anilines is 1. The SMILES string of the molecule is CCOc1ccc(/C=C(\C#N)C(=O)Nc2nc(-c3ccc(OCC)cc3)cs2)cc1. The lowest BCUT2D eigenvalue weighted by molar-refractivity contribution is -0.112. The third kappa shape index (κ3) is 5.46. The highest BCUT2D eigenvalue weighted by Crippen LogP contribution is 2.27.